The van der Waals surface area contributed by atoms with Crippen molar-refractivity contribution in [2.75, 3.05) is 39.5 Å². The van der Waals surface area contributed by atoms with E-state index in [1.54, 1.807) is 18.2 Å². The fourth-order valence-electron chi connectivity index (χ4n) is 12.2. The van der Waals surface area contributed by atoms with Gasteiger partial charge in [-0.05, 0) is 133 Å². The van der Waals surface area contributed by atoms with Crippen LogP contribution in [0.4, 0.5) is 0 Å². The zero-order valence-corrected chi connectivity index (χ0v) is 42.0. The van der Waals surface area contributed by atoms with Crippen molar-refractivity contribution < 1.29 is 74.2 Å². The number of nitrogens with one attached hydrogen (secondary N) is 1. The van der Waals surface area contributed by atoms with Gasteiger partial charge in [0.1, 0.15) is 36.3 Å². The predicted molar refractivity (Wildman–Crippen MR) is 277 cm³/mol. The first-order valence-electron chi connectivity index (χ1n) is 25.9. The van der Waals surface area contributed by atoms with Crippen molar-refractivity contribution in [1.29, 1.82) is 0 Å². The third-order valence-electron chi connectivity index (χ3n) is 15.8. The van der Waals surface area contributed by atoms with E-state index < -0.39 is 102 Å². The highest BCUT2D eigenvalue weighted by Crippen LogP contribution is 2.58. The number of aromatic hydroxyl groups is 4. The van der Waals surface area contributed by atoms with Crippen molar-refractivity contribution in [3.05, 3.63) is 125 Å². The Morgan fingerprint density at radius 2 is 1.63 bits per heavy atom. The maximum Gasteiger partial charge on any atom is 0.336 e. The summed E-state index contributed by atoms with van der Waals surface area (Å²) in [6, 6.07) is 23.7. The Morgan fingerprint density at radius 1 is 0.840 bits per heavy atom. The number of carboxylic acids is 1. The van der Waals surface area contributed by atoms with Crippen LogP contribution in [-0.4, -0.2) is 133 Å². The number of aliphatic hydroxyl groups excluding tert-OH is 3. The second-order valence-electron chi connectivity index (χ2n) is 20.8. The number of benzene rings is 4. The number of hydrogen-bond donors (Lipinski definition) is 10. The Bertz CT molecular complexity index is 2700. The van der Waals surface area contributed by atoms with Crippen LogP contribution in [0.5, 0.6) is 28.7 Å². The van der Waals surface area contributed by atoms with Crippen LogP contribution < -0.4 is 15.8 Å². The number of nitrogens with two attached hydrogens (primary N) is 1. The average molecular weight is 1040 g/mol. The van der Waals surface area contributed by atoms with E-state index in [1.165, 1.54) is 48.6 Å². The number of ketones is 2. The molecule has 10 atom stereocenters. The van der Waals surface area contributed by atoms with Crippen molar-refractivity contribution in [2.45, 2.75) is 106 Å². The summed E-state index contributed by atoms with van der Waals surface area (Å²) >= 11 is 0. The van der Waals surface area contributed by atoms with Gasteiger partial charge in [-0.25, -0.2) is 4.79 Å². The summed E-state index contributed by atoms with van der Waals surface area (Å²) in [5.74, 6) is -5.97. The van der Waals surface area contributed by atoms with Crippen LogP contribution in [0.3, 0.4) is 0 Å². The normalized spacial score (nSPS) is 28.7. The number of carboxylic acid groups (broad SMARTS) is 1. The lowest BCUT2D eigenvalue weighted by atomic mass is 9.55. The number of phenols is 4. The molecule has 4 aliphatic rings. The molecule has 2 saturated carbocycles. The lowest BCUT2D eigenvalue weighted by molar-refractivity contribution is -0.345. The first kappa shape index (κ1) is 55.1. The number of hydrogen-bond acceptors (Lipinski definition) is 16. The summed E-state index contributed by atoms with van der Waals surface area (Å²) in [7, 11) is 0. The molecule has 8 rings (SSSR count). The fourth-order valence-corrected chi connectivity index (χ4v) is 12.2. The molecule has 2 saturated heterocycles. The molecule has 0 aromatic heterocycles. The molecule has 75 heavy (non-hydrogen) atoms. The average Bonchev–Trinajstić information content (AvgIpc) is 3.43. The molecular formula is C58H70N2O15. The van der Waals surface area contributed by atoms with Gasteiger partial charge in [0.2, 0.25) is 0 Å². The highest BCUT2D eigenvalue weighted by Gasteiger charge is 2.73. The molecule has 11 N–H and O–H groups in total. The molecule has 0 amide bonds. The summed E-state index contributed by atoms with van der Waals surface area (Å²) in [5, 5.41) is 91.0. The molecule has 402 valence electrons. The topological polar surface area (TPSA) is 288 Å². The van der Waals surface area contributed by atoms with Crippen LogP contribution in [0.1, 0.15) is 79.2 Å². The number of carbonyl (C=O) groups excluding carboxylic acids is 2. The molecule has 17 nitrogen and oxygen atoms in total. The SMILES string of the molecule is NCCOc1ccc(/C=C/C(=O)CO[C@@]2(C(=O)O)C[C@@H](O)[C@H]3OC[C@H](CCc4ccccc4)C[C@@]4(C(=O)/C=C/c5cc(O)c(O)cc5CO)O[C@]3(CN[C@H]3CCC[C@@H](Cc5cccc(O)c5)C3)[C@@H]2C[C@@H]4CO)cc1O. The second kappa shape index (κ2) is 24.2. The fraction of sp³-hybridized carbons (Fsp3) is 0.466. The van der Waals surface area contributed by atoms with Crippen molar-refractivity contribution in [3.8, 4) is 28.7 Å². The third kappa shape index (κ3) is 12.3. The lowest BCUT2D eigenvalue weighted by Crippen LogP contribution is -2.80. The second-order valence-corrected chi connectivity index (χ2v) is 20.8. The lowest BCUT2D eigenvalue weighted by Gasteiger charge is -2.65. The highest BCUT2D eigenvalue weighted by atomic mass is 16.6. The molecule has 4 aromatic carbocycles. The van der Waals surface area contributed by atoms with Gasteiger partial charge >= 0.3 is 5.97 Å². The minimum atomic E-state index is -2.33. The molecule has 0 radical (unpaired) electrons. The van der Waals surface area contributed by atoms with E-state index in [2.05, 4.69) is 5.32 Å². The maximum atomic E-state index is 15.5. The standard InChI is InChI=1S/C58H70N2O15/c59-20-21-72-51-18-15-37(25-49(51)67)14-17-46(64)34-74-57(55(70)71)30-50(68)54-58(35-60-44-10-4-8-38(23-44)22-39-9-5-11-45(63)24-39)52(57)28-43(32-62)56(75-58,29-40(33-73-54)13-12-36-6-2-1-3-7-36)53(69)19-16-41-26-47(65)48(66)27-42(41)31-61/h1-3,5-7,9,11,14-19,24-27,38,40,43-44,50,52,54,60-63,65-68H,4,8,10,12-13,20-23,28-35,59H2,(H,70,71)/b17-14+,19-16+/t38-,40+,43+,44-,50+,52+,54+,56+,57-,58+/m0/s1. The summed E-state index contributed by atoms with van der Waals surface area (Å²) in [4.78, 5) is 43.4. The van der Waals surface area contributed by atoms with Crippen molar-refractivity contribution >= 4 is 29.7 Å². The molecule has 0 spiro atoms. The van der Waals surface area contributed by atoms with Crippen LogP contribution >= 0.6 is 0 Å². The summed E-state index contributed by atoms with van der Waals surface area (Å²) in [5.41, 5.74) is 2.35. The number of carbonyl (C=O) groups is 3. The number of fused-ring (bicyclic) bond motifs is 1. The number of aliphatic carboxylic acids is 1. The van der Waals surface area contributed by atoms with Gasteiger partial charge in [0, 0.05) is 44.0 Å². The molecule has 17 heteroatoms. The maximum absolute atomic E-state index is 15.5. The number of aryl methyl sites for hydroxylation is 1. The minimum absolute atomic E-state index is 0.00845. The first-order valence-corrected chi connectivity index (χ1v) is 25.9. The summed E-state index contributed by atoms with van der Waals surface area (Å²) < 4.78 is 26.2. The van der Waals surface area contributed by atoms with E-state index in [0.29, 0.717) is 31.2 Å². The van der Waals surface area contributed by atoms with Crippen LogP contribution in [0.2, 0.25) is 0 Å². The predicted octanol–water partition coefficient (Wildman–Crippen LogP) is 5.36. The van der Waals surface area contributed by atoms with Gasteiger partial charge in [-0.3, -0.25) is 9.59 Å². The number of ether oxygens (including phenoxy) is 4. The third-order valence-corrected chi connectivity index (χ3v) is 15.8. The van der Waals surface area contributed by atoms with Gasteiger partial charge in [0.25, 0.3) is 0 Å². The van der Waals surface area contributed by atoms with E-state index in [9.17, 15) is 50.4 Å². The molecule has 2 heterocycles. The Kier molecular flexibility index (Phi) is 17.8. The zero-order chi connectivity index (χ0) is 53.3. The Balaban J connectivity index is 1.19. The molecule has 0 unspecified atom stereocenters. The minimum Gasteiger partial charge on any atom is -0.508 e. The van der Waals surface area contributed by atoms with Gasteiger partial charge in [0.15, 0.2) is 40.2 Å². The smallest absolute Gasteiger partial charge is 0.336 e. The molecule has 4 aromatic rings. The van der Waals surface area contributed by atoms with E-state index in [-0.39, 0.29) is 79.5 Å². The van der Waals surface area contributed by atoms with Crippen LogP contribution in [0.15, 0.2) is 97.1 Å². The Labute approximate surface area is 436 Å². The quantitative estimate of drug-likeness (QED) is 0.0350. The van der Waals surface area contributed by atoms with Gasteiger partial charge in [-0.15, -0.1) is 0 Å². The molecular weight excluding hydrogens is 965 g/mol. The van der Waals surface area contributed by atoms with Gasteiger partial charge in [-0.1, -0.05) is 73.5 Å². The van der Waals surface area contributed by atoms with Crippen molar-refractivity contribution in [2.24, 2.45) is 29.4 Å². The molecule has 2 aliphatic carbocycles. The monoisotopic (exact) mass is 1030 g/mol. The first-order chi connectivity index (χ1) is 36.1. The number of rotatable bonds is 22. The van der Waals surface area contributed by atoms with Crippen LogP contribution in [-0.2, 0) is 48.0 Å². The summed E-state index contributed by atoms with van der Waals surface area (Å²) in [6.07, 6.45) is 6.77. The number of phenolic OH excluding ortho intramolecular Hbond substituents is 4. The van der Waals surface area contributed by atoms with E-state index in [1.807, 2.05) is 42.5 Å². The Hall–Kier alpha value is -6.15. The van der Waals surface area contributed by atoms with Crippen molar-refractivity contribution in [3.63, 3.8) is 0 Å². The van der Waals surface area contributed by atoms with E-state index in [0.717, 1.165) is 30.4 Å². The molecule has 4 fully saturated rings. The Morgan fingerprint density at radius 3 is 2.36 bits per heavy atom. The van der Waals surface area contributed by atoms with Gasteiger partial charge in [0.05, 0.1) is 19.3 Å². The number of aliphatic hydroxyl groups is 3. The summed E-state index contributed by atoms with van der Waals surface area (Å²) in [6.45, 7) is -1.62. The molecule has 2 bridgehead atoms. The van der Waals surface area contributed by atoms with Gasteiger partial charge in [-0.2, -0.15) is 0 Å². The van der Waals surface area contributed by atoms with Gasteiger partial charge < -0.3 is 70.9 Å². The largest absolute Gasteiger partial charge is 0.508 e. The molecule has 2 aliphatic heterocycles. The van der Waals surface area contributed by atoms with Crippen molar-refractivity contribution in [1.82, 2.24) is 5.32 Å². The highest BCUT2D eigenvalue weighted by molar-refractivity contribution is 6.01. The van der Waals surface area contributed by atoms with E-state index in [4.69, 9.17) is 24.7 Å². The van der Waals surface area contributed by atoms with Crippen LogP contribution in [0.25, 0.3) is 12.2 Å². The van der Waals surface area contributed by atoms with Crippen LogP contribution in [0, 0.1) is 23.7 Å². The zero-order valence-electron chi connectivity index (χ0n) is 42.0. The van der Waals surface area contributed by atoms with E-state index >= 15 is 4.79 Å².